The first-order valence-electron chi connectivity index (χ1n) is 8.76. The Balaban J connectivity index is 1.99. The number of nitrogens with two attached hydrogens (primary N) is 1. The molecule has 0 saturated carbocycles. The van der Waals surface area contributed by atoms with Crippen LogP contribution in [0.4, 0.5) is 4.79 Å². The van der Waals surface area contributed by atoms with Crippen LogP contribution < -0.4 is 5.73 Å². The number of methoxy groups -OCH3 is 1. The van der Waals surface area contributed by atoms with Gasteiger partial charge >= 0.3 is 12.1 Å². The van der Waals surface area contributed by atoms with Crippen LogP contribution in [0.3, 0.4) is 0 Å². The standard InChI is InChI=1S/C20H28N2O4/c1-19(2,3)26-18(24)22-13-11-20(21,12-14-22)16-8-5-15(6-9-16)7-10-17(23)25-4/h5-10H,11-14,21H2,1-4H3/b10-7+. The zero-order chi connectivity index (χ0) is 19.4. The Labute approximate surface area is 154 Å². The molecule has 1 aliphatic heterocycles. The van der Waals surface area contributed by atoms with Gasteiger partial charge in [0, 0.05) is 24.7 Å². The van der Waals surface area contributed by atoms with E-state index in [4.69, 9.17) is 10.5 Å². The molecule has 1 saturated heterocycles. The molecule has 26 heavy (non-hydrogen) atoms. The van der Waals surface area contributed by atoms with Crippen LogP contribution in [0.2, 0.25) is 0 Å². The van der Waals surface area contributed by atoms with E-state index in [0.29, 0.717) is 25.9 Å². The molecule has 2 rings (SSSR count). The summed E-state index contributed by atoms with van der Waals surface area (Å²) in [5.41, 5.74) is 7.55. The number of benzene rings is 1. The van der Waals surface area contributed by atoms with E-state index >= 15 is 0 Å². The minimum absolute atomic E-state index is 0.289. The van der Waals surface area contributed by atoms with Crippen molar-refractivity contribution in [3.05, 3.63) is 41.5 Å². The molecule has 6 nitrogen and oxygen atoms in total. The summed E-state index contributed by atoms with van der Waals surface area (Å²) < 4.78 is 10.0. The van der Waals surface area contributed by atoms with Crippen molar-refractivity contribution in [2.45, 2.75) is 44.8 Å². The number of hydrogen-bond acceptors (Lipinski definition) is 5. The topological polar surface area (TPSA) is 81.9 Å². The molecule has 1 aromatic rings. The lowest BCUT2D eigenvalue weighted by Gasteiger charge is -2.40. The van der Waals surface area contributed by atoms with Gasteiger partial charge in [0.25, 0.3) is 0 Å². The van der Waals surface area contributed by atoms with Crippen molar-refractivity contribution in [2.24, 2.45) is 5.73 Å². The molecule has 0 bridgehead atoms. The summed E-state index contributed by atoms with van der Waals surface area (Å²) in [6.07, 6.45) is 4.13. The molecule has 6 heteroatoms. The summed E-state index contributed by atoms with van der Waals surface area (Å²) in [5.74, 6) is -0.390. The first kappa shape index (κ1) is 20.0. The van der Waals surface area contributed by atoms with Gasteiger partial charge in [-0.2, -0.15) is 0 Å². The lowest BCUT2D eigenvalue weighted by molar-refractivity contribution is -0.134. The number of likely N-dealkylation sites (tertiary alicyclic amines) is 1. The molecule has 1 aromatic carbocycles. The molecular weight excluding hydrogens is 332 g/mol. The summed E-state index contributed by atoms with van der Waals surface area (Å²) in [7, 11) is 1.34. The highest BCUT2D eigenvalue weighted by Gasteiger charge is 2.35. The summed E-state index contributed by atoms with van der Waals surface area (Å²) in [6, 6.07) is 7.79. The predicted molar refractivity (Wildman–Crippen MR) is 100 cm³/mol. The lowest BCUT2D eigenvalue weighted by Crippen LogP contribution is -2.50. The molecule has 0 aliphatic carbocycles. The molecule has 0 unspecified atom stereocenters. The number of ether oxygens (including phenoxy) is 2. The van der Waals surface area contributed by atoms with Crippen LogP contribution in [0.25, 0.3) is 6.08 Å². The normalized spacial score (nSPS) is 17.2. The van der Waals surface area contributed by atoms with Crippen molar-refractivity contribution in [3.8, 4) is 0 Å². The molecule has 1 amide bonds. The number of amides is 1. The Hall–Kier alpha value is -2.34. The van der Waals surface area contributed by atoms with Crippen molar-refractivity contribution in [2.75, 3.05) is 20.2 Å². The Bertz CT molecular complexity index is 666. The summed E-state index contributed by atoms with van der Waals surface area (Å²) in [6.45, 7) is 6.71. The Morgan fingerprint density at radius 3 is 2.23 bits per heavy atom. The molecule has 0 radical (unpaired) electrons. The Morgan fingerprint density at radius 1 is 1.15 bits per heavy atom. The number of piperidine rings is 1. The summed E-state index contributed by atoms with van der Waals surface area (Å²) in [4.78, 5) is 25.0. The molecule has 1 aliphatic rings. The highest BCUT2D eigenvalue weighted by molar-refractivity contribution is 5.86. The molecule has 142 valence electrons. The van der Waals surface area contributed by atoms with Gasteiger partial charge in [-0.1, -0.05) is 24.3 Å². The van der Waals surface area contributed by atoms with E-state index in [9.17, 15) is 9.59 Å². The molecule has 0 aromatic heterocycles. The van der Waals surface area contributed by atoms with Crippen molar-refractivity contribution in [1.29, 1.82) is 0 Å². The van der Waals surface area contributed by atoms with Gasteiger partial charge in [0.15, 0.2) is 0 Å². The van der Waals surface area contributed by atoms with Gasteiger partial charge in [-0.05, 0) is 50.8 Å². The first-order chi connectivity index (χ1) is 12.1. The van der Waals surface area contributed by atoms with Crippen molar-refractivity contribution < 1.29 is 19.1 Å². The van der Waals surface area contributed by atoms with Crippen LogP contribution in [0, 0.1) is 0 Å². The molecule has 1 heterocycles. The van der Waals surface area contributed by atoms with Gasteiger partial charge in [0.05, 0.1) is 7.11 Å². The van der Waals surface area contributed by atoms with Crippen LogP contribution in [0.1, 0.15) is 44.7 Å². The fraction of sp³-hybridized carbons (Fsp3) is 0.500. The number of carbonyl (C=O) groups is 2. The zero-order valence-corrected chi connectivity index (χ0v) is 16.0. The molecule has 1 fully saturated rings. The third-order valence-corrected chi connectivity index (χ3v) is 4.41. The fourth-order valence-corrected chi connectivity index (χ4v) is 2.86. The highest BCUT2D eigenvalue weighted by atomic mass is 16.6. The van der Waals surface area contributed by atoms with Crippen LogP contribution in [-0.2, 0) is 19.8 Å². The van der Waals surface area contributed by atoms with E-state index in [1.165, 1.54) is 13.2 Å². The van der Waals surface area contributed by atoms with Gasteiger partial charge in [-0.25, -0.2) is 9.59 Å². The van der Waals surface area contributed by atoms with Crippen LogP contribution in [0.5, 0.6) is 0 Å². The van der Waals surface area contributed by atoms with Crippen LogP contribution in [0.15, 0.2) is 30.3 Å². The van der Waals surface area contributed by atoms with E-state index in [0.717, 1.165) is 11.1 Å². The van der Waals surface area contributed by atoms with Gasteiger partial charge in [-0.3, -0.25) is 0 Å². The molecule has 2 N–H and O–H groups in total. The van der Waals surface area contributed by atoms with Crippen LogP contribution >= 0.6 is 0 Å². The average molecular weight is 360 g/mol. The van der Waals surface area contributed by atoms with Crippen molar-refractivity contribution in [1.82, 2.24) is 4.90 Å². The maximum atomic E-state index is 12.2. The summed E-state index contributed by atoms with van der Waals surface area (Å²) >= 11 is 0. The van der Waals surface area contributed by atoms with Crippen molar-refractivity contribution in [3.63, 3.8) is 0 Å². The monoisotopic (exact) mass is 360 g/mol. The van der Waals surface area contributed by atoms with Gasteiger partial charge in [0.1, 0.15) is 5.60 Å². The van der Waals surface area contributed by atoms with Crippen molar-refractivity contribution >= 4 is 18.1 Å². The fourth-order valence-electron chi connectivity index (χ4n) is 2.86. The maximum Gasteiger partial charge on any atom is 0.410 e. The van der Waals surface area contributed by atoms with Gasteiger partial charge in [-0.15, -0.1) is 0 Å². The smallest absolute Gasteiger partial charge is 0.410 e. The minimum atomic E-state index is -0.498. The lowest BCUT2D eigenvalue weighted by atomic mass is 9.81. The van der Waals surface area contributed by atoms with Gasteiger partial charge in [0.2, 0.25) is 0 Å². The number of nitrogens with zero attached hydrogens (tertiary/aromatic N) is 1. The third-order valence-electron chi connectivity index (χ3n) is 4.41. The van der Waals surface area contributed by atoms with E-state index in [-0.39, 0.29) is 12.1 Å². The Morgan fingerprint density at radius 2 is 1.73 bits per heavy atom. The highest BCUT2D eigenvalue weighted by Crippen LogP contribution is 2.31. The Kier molecular flexibility index (Phi) is 6.08. The van der Waals surface area contributed by atoms with E-state index in [1.54, 1.807) is 11.0 Å². The summed E-state index contributed by atoms with van der Waals surface area (Å²) in [5, 5.41) is 0. The predicted octanol–water partition coefficient (Wildman–Crippen LogP) is 3.06. The number of rotatable bonds is 3. The number of carbonyl (C=O) groups excluding carboxylic acids is 2. The zero-order valence-electron chi connectivity index (χ0n) is 16.0. The number of hydrogen-bond donors (Lipinski definition) is 1. The average Bonchev–Trinajstić information content (AvgIpc) is 2.59. The van der Waals surface area contributed by atoms with E-state index < -0.39 is 11.1 Å². The second kappa shape index (κ2) is 7.91. The number of esters is 1. The largest absolute Gasteiger partial charge is 0.466 e. The third kappa shape index (κ3) is 5.33. The quantitative estimate of drug-likeness (QED) is 0.662. The first-order valence-corrected chi connectivity index (χ1v) is 8.76. The minimum Gasteiger partial charge on any atom is -0.466 e. The van der Waals surface area contributed by atoms with Crippen LogP contribution in [-0.4, -0.2) is 42.8 Å². The van der Waals surface area contributed by atoms with E-state index in [2.05, 4.69) is 4.74 Å². The maximum absolute atomic E-state index is 12.2. The van der Waals surface area contributed by atoms with E-state index in [1.807, 2.05) is 45.0 Å². The molecule has 0 spiro atoms. The SMILES string of the molecule is COC(=O)/C=C/c1ccc(C2(N)CCN(C(=O)OC(C)(C)C)CC2)cc1. The molecule has 0 atom stereocenters. The second-order valence-electron chi connectivity index (χ2n) is 7.60. The second-order valence-corrected chi connectivity index (χ2v) is 7.60. The van der Waals surface area contributed by atoms with Gasteiger partial charge < -0.3 is 20.1 Å². The molecular formula is C20H28N2O4.